The third-order valence-corrected chi connectivity index (χ3v) is 15.6. The lowest BCUT2D eigenvalue weighted by atomic mass is 9.92. The number of nitrogens with zero attached hydrogens (tertiary/aromatic N) is 1. The maximum Gasteiger partial charge on any atom is 0.0555 e. The molecule has 0 atom stereocenters. The van der Waals surface area contributed by atoms with Crippen LogP contribution in [0, 0.1) is 0 Å². The van der Waals surface area contributed by atoms with E-state index in [1.807, 2.05) is 22.7 Å². The molecule has 0 fully saturated rings. The molecule has 0 aliphatic heterocycles. The molecule has 0 aliphatic carbocycles. The summed E-state index contributed by atoms with van der Waals surface area (Å²) < 4.78 is 5.20. The van der Waals surface area contributed by atoms with Crippen molar-refractivity contribution in [2.24, 2.45) is 0 Å². The molecule has 0 spiro atoms. The average Bonchev–Trinajstić information content (AvgIpc) is 3.99. The van der Waals surface area contributed by atoms with Crippen molar-refractivity contribution in [1.29, 1.82) is 0 Å². The van der Waals surface area contributed by atoms with Crippen LogP contribution in [0.1, 0.15) is 0 Å². The molecule has 0 saturated carbocycles. The highest BCUT2D eigenvalue weighted by Crippen LogP contribution is 2.49. The molecule has 0 amide bonds. The van der Waals surface area contributed by atoms with Gasteiger partial charge in [0.1, 0.15) is 0 Å². The SMILES string of the molecule is c1ccc(-c2ccc(N(c3ccc(-c4cccc(-c5cccc6ccccc56)c4)cc3)c3ccc(-c4ccccc4-c4cccc5sc6ccccc6c45)cc3)c3c2sc2ccccc23)cc1. The van der Waals surface area contributed by atoms with Crippen LogP contribution in [-0.2, 0) is 0 Å². The van der Waals surface area contributed by atoms with E-state index in [2.05, 4.69) is 254 Å². The first-order valence-corrected chi connectivity index (χ1v) is 24.5. The van der Waals surface area contributed by atoms with Crippen LogP contribution in [0.15, 0.2) is 249 Å². The van der Waals surface area contributed by atoms with Gasteiger partial charge < -0.3 is 4.90 Å². The summed E-state index contributed by atoms with van der Waals surface area (Å²) in [6.07, 6.45) is 0. The molecule has 0 aliphatic rings. The average molecular weight is 888 g/mol. The zero-order chi connectivity index (χ0) is 44.3. The Morgan fingerprint density at radius 3 is 1.58 bits per heavy atom. The topological polar surface area (TPSA) is 3.24 Å². The van der Waals surface area contributed by atoms with Gasteiger partial charge in [0.15, 0.2) is 0 Å². The van der Waals surface area contributed by atoms with E-state index >= 15 is 0 Å². The Kier molecular flexibility index (Phi) is 9.63. The summed E-state index contributed by atoms with van der Waals surface area (Å²) in [4.78, 5) is 2.46. The van der Waals surface area contributed by atoms with Crippen LogP contribution in [0.3, 0.4) is 0 Å². The van der Waals surface area contributed by atoms with Crippen LogP contribution in [-0.4, -0.2) is 0 Å². The highest BCUT2D eigenvalue weighted by atomic mass is 32.1. The Hall–Kier alpha value is -8.08. The number of anilines is 3. The highest BCUT2D eigenvalue weighted by Gasteiger charge is 2.22. The van der Waals surface area contributed by atoms with Crippen LogP contribution >= 0.6 is 22.7 Å². The summed E-state index contributed by atoms with van der Waals surface area (Å²) in [6.45, 7) is 0. The standard InChI is InChI=1S/C64H41NS2/c1-2-15-44(16-3-1)53-39-40-58(63-57-25-9-11-29-60(57)67-64(53)63)65(48-35-31-42(32-36-48)46-19-12-20-47(41-46)52-26-13-18-43-17-4-5-21-50(43)52)49-37-33-45(34-38-49)51-22-6-7-23-54(51)55-27-14-30-61-62(55)56-24-8-10-28-59(56)66-61/h1-41H. The van der Waals surface area contributed by atoms with Gasteiger partial charge in [0.2, 0.25) is 0 Å². The minimum atomic E-state index is 1.10. The molecule has 13 rings (SSSR count). The maximum absolute atomic E-state index is 2.46. The molecule has 314 valence electrons. The zero-order valence-corrected chi connectivity index (χ0v) is 38.1. The number of thiophene rings is 2. The minimum Gasteiger partial charge on any atom is -0.310 e. The van der Waals surface area contributed by atoms with Crippen LogP contribution < -0.4 is 4.90 Å². The molecule has 0 N–H and O–H groups in total. The molecule has 0 unspecified atom stereocenters. The summed E-state index contributed by atoms with van der Waals surface area (Å²) in [7, 11) is 0. The number of hydrogen-bond donors (Lipinski definition) is 0. The fourth-order valence-electron chi connectivity index (χ4n) is 10.2. The van der Waals surface area contributed by atoms with E-state index in [-0.39, 0.29) is 0 Å². The number of hydrogen-bond acceptors (Lipinski definition) is 3. The van der Waals surface area contributed by atoms with E-state index in [0.717, 1.165) is 17.1 Å². The van der Waals surface area contributed by atoms with Crippen molar-refractivity contribution in [2.75, 3.05) is 4.90 Å². The van der Waals surface area contributed by atoms with Gasteiger partial charge in [-0.1, -0.05) is 194 Å². The molecule has 2 aromatic heterocycles. The Labute approximate surface area is 397 Å². The van der Waals surface area contributed by atoms with Crippen molar-refractivity contribution in [3.8, 4) is 55.6 Å². The molecule has 0 radical (unpaired) electrons. The fourth-order valence-corrected chi connectivity index (χ4v) is 12.6. The minimum absolute atomic E-state index is 1.10. The second-order valence-electron chi connectivity index (χ2n) is 17.2. The van der Waals surface area contributed by atoms with Crippen molar-refractivity contribution in [3.63, 3.8) is 0 Å². The lowest BCUT2D eigenvalue weighted by molar-refractivity contribution is 1.30. The van der Waals surface area contributed by atoms with E-state index < -0.39 is 0 Å². The maximum atomic E-state index is 2.46. The van der Waals surface area contributed by atoms with Crippen molar-refractivity contribution >= 4 is 90.9 Å². The van der Waals surface area contributed by atoms with Gasteiger partial charge in [-0.3, -0.25) is 0 Å². The second-order valence-corrected chi connectivity index (χ2v) is 19.3. The predicted molar refractivity (Wildman–Crippen MR) is 292 cm³/mol. The first-order valence-electron chi connectivity index (χ1n) is 22.8. The molecule has 67 heavy (non-hydrogen) atoms. The lowest BCUT2D eigenvalue weighted by Gasteiger charge is -2.27. The van der Waals surface area contributed by atoms with Crippen LogP contribution in [0.5, 0.6) is 0 Å². The summed E-state index contributed by atoms with van der Waals surface area (Å²) in [6, 6.07) is 91.3. The third kappa shape index (κ3) is 6.82. The first kappa shape index (κ1) is 39.3. The van der Waals surface area contributed by atoms with Gasteiger partial charge in [0.25, 0.3) is 0 Å². The lowest BCUT2D eigenvalue weighted by Crippen LogP contribution is -2.10. The predicted octanol–water partition coefficient (Wildman–Crippen LogP) is 19.4. The molecule has 0 saturated heterocycles. The monoisotopic (exact) mass is 887 g/mol. The third-order valence-electron chi connectivity index (χ3n) is 13.3. The fraction of sp³-hybridized carbons (Fsp3) is 0. The largest absolute Gasteiger partial charge is 0.310 e. The molecule has 3 heteroatoms. The molecular formula is C64H41NS2. The molecular weight excluding hydrogens is 847 g/mol. The Balaban J connectivity index is 0.954. The van der Waals surface area contributed by atoms with Crippen LogP contribution in [0.2, 0.25) is 0 Å². The molecule has 11 aromatic carbocycles. The van der Waals surface area contributed by atoms with Gasteiger partial charge >= 0.3 is 0 Å². The summed E-state index contributed by atoms with van der Waals surface area (Å²) in [5, 5.41) is 7.69. The molecule has 13 aromatic rings. The van der Waals surface area contributed by atoms with E-state index in [9.17, 15) is 0 Å². The normalized spacial score (nSPS) is 11.6. The first-order chi connectivity index (χ1) is 33.2. The van der Waals surface area contributed by atoms with Gasteiger partial charge in [-0.25, -0.2) is 0 Å². The molecule has 1 nitrogen and oxygen atoms in total. The van der Waals surface area contributed by atoms with E-state index in [0.29, 0.717) is 0 Å². The van der Waals surface area contributed by atoms with Gasteiger partial charge in [-0.15, -0.1) is 22.7 Å². The number of fused-ring (bicyclic) bond motifs is 7. The Bertz CT molecular complexity index is 3970. The zero-order valence-electron chi connectivity index (χ0n) is 36.4. The van der Waals surface area contributed by atoms with Crippen molar-refractivity contribution in [3.05, 3.63) is 249 Å². The molecule has 2 heterocycles. The number of benzene rings is 11. The van der Waals surface area contributed by atoms with Gasteiger partial charge in [-0.05, 0) is 121 Å². The second kappa shape index (κ2) is 16.4. The summed E-state index contributed by atoms with van der Waals surface area (Å²) >= 11 is 3.75. The van der Waals surface area contributed by atoms with Gasteiger partial charge in [0, 0.05) is 51.7 Å². The summed E-state index contributed by atoms with van der Waals surface area (Å²) in [5.74, 6) is 0. The number of rotatable bonds is 8. The van der Waals surface area contributed by atoms with Gasteiger partial charge in [0.05, 0.1) is 5.69 Å². The Morgan fingerprint density at radius 1 is 0.269 bits per heavy atom. The van der Waals surface area contributed by atoms with Crippen LogP contribution in [0.4, 0.5) is 17.1 Å². The van der Waals surface area contributed by atoms with Crippen molar-refractivity contribution in [1.82, 2.24) is 0 Å². The summed E-state index contributed by atoms with van der Waals surface area (Å²) in [5.41, 5.74) is 15.6. The van der Waals surface area contributed by atoms with Crippen molar-refractivity contribution in [2.45, 2.75) is 0 Å². The Morgan fingerprint density at radius 2 is 0.791 bits per heavy atom. The molecule has 0 bridgehead atoms. The highest BCUT2D eigenvalue weighted by molar-refractivity contribution is 7.26. The smallest absolute Gasteiger partial charge is 0.0555 e. The quantitative estimate of drug-likeness (QED) is 0.147. The van der Waals surface area contributed by atoms with Crippen molar-refractivity contribution < 1.29 is 0 Å². The van der Waals surface area contributed by atoms with E-state index in [1.165, 1.54) is 107 Å². The van der Waals surface area contributed by atoms with Crippen LogP contribution in [0.25, 0.3) is 107 Å². The van der Waals surface area contributed by atoms with E-state index in [4.69, 9.17) is 0 Å². The van der Waals surface area contributed by atoms with E-state index in [1.54, 1.807) is 0 Å². The van der Waals surface area contributed by atoms with Gasteiger partial charge in [-0.2, -0.15) is 0 Å².